The van der Waals surface area contributed by atoms with Crippen LogP contribution in [-0.4, -0.2) is 36.9 Å². The number of hydrogen-bond donors (Lipinski definition) is 2. The molecule has 0 saturated carbocycles. The fourth-order valence-electron chi connectivity index (χ4n) is 1.33. The topological polar surface area (TPSA) is 75.4 Å². The Morgan fingerprint density at radius 2 is 1.89 bits per heavy atom. The quantitative estimate of drug-likeness (QED) is 0.857. The first-order valence-electron chi connectivity index (χ1n) is 5.41. The van der Waals surface area contributed by atoms with Crippen LogP contribution in [-0.2, 0) is 9.59 Å². The lowest BCUT2D eigenvalue weighted by molar-refractivity contribution is -0.131. The molecule has 0 heterocycles. The second kappa shape index (κ2) is 6.39. The fraction of sp³-hybridized carbons (Fsp3) is 0.333. The van der Waals surface area contributed by atoms with Gasteiger partial charge in [-0.25, -0.2) is 0 Å². The summed E-state index contributed by atoms with van der Waals surface area (Å²) in [6.07, 6.45) is 0.0401. The first-order valence-corrected chi connectivity index (χ1v) is 6.21. The van der Waals surface area contributed by atoms with E-state index in [0.717, 1.165) is 10.2 Å². The van der Waals surface area contributed by atoms with Crippen LogP contribution >= 0.6 is 15.9 Å². The first-order chi connectivity index (χ1) is 8.40. The third-order valence-electron chi connectivity index (χ3n) is 2.41. The van der Waals surface area contributed by atoms with Crippen LogP contribution in [0.2, 0.25) is 0 Å². The van der Waals surface area contributed by atoms with Crippen molar-refractivity contribution in [2.75, 3.05) is 19.4 Å². The van der Waals surface area contributed by atoms with Crippen molar-refractivity contribution in [3.63, 3.8) is 0 Å². The van der Waals surface area contributed by atoms with Crippen LogP contribution in [0.1, 0.15) is 6.42 Å². The van der Waals surface area contributed by atoms with E-state index in [1.54, 1.807) is 26.2 Å². The molecule has 0 fully saturated rings. The molecular formula is C12H16BrN3O2. The second-order valence-electron chi connectivity index (χ2n) is 4.10. The number of anilines is 1. The minimum Gasteiger partial charge on any atom is -0.373 e. The highest BCUT2D eigenvalue weighted by Crippen LogP contribution is 2.15. The number of nitrogens with two attached hydrogens (primary N) is 1. The molecule has 1 atom stereocenters. The number of benzene rings is 1. The van der Waals surface area contributed by atoms with Gasteiger partial charge in [0.25, 0.3) is 0 Å². The smallest absolute Gasteiger partial charge is 0.240 e. The fourth-order valence-corrected chi connectivity index (χ4v) is 1.59. The summed E-state index contributed by atoms with van der Waals surface area (Å²) in [6, 6.07) is 6.59. The van der Waals surface area contributed by atoms with Gasteiger partial charge in [-0.2, -0.15) is 0 Å². The van der Waals surface area contributed by atoms with E-state index in [1.807, 2.05) is 12.1 Å². The molecule has 0 radical (unpaired) electrons. The molecule has 2 amide bonds. The predicted molar refractivity (Wildman–Crippen MR) is 74.1 cm³/mol. The number of nitrogens with zero attached hydrogens (tertiary/aromatic N) is 1. The number of halogens is 1. The minimum absolute atomic E-state index is 0.0401. The second-order valence-corrected chi connectivity index (χ2v) is 5.01. The minimum atomic E-state index is -0.707. The van der Waals surface area contributed by atoms with E-state index in [0.29, 0.717) is 0 Å². The number of amides is 2. The lowest BCUT2D eigenvalue weighted by Crippen LogP contribution is -2.39. The van der Waals surface area contributed by atoms with Crippen LogP contribution in [0, 0.1) is 0 Å². The van der Waals surface area contributed by atoms with E-state index in [4.69, 9.17) is 5.73 Å². The SMILES string of the molecule is CN(C)C(=O)CC(Nc1ccc(Br)cc1)C(N)=O. The lowest BCUT2D eigenvalue weighted by Gasteiger charge is -2.18. The number of carbonyl (C=O) groups is 2. The van der Waals surface area contributed by atoms with Gasteiger partial charge >= 0.3 is 0 Å². The Balaban J connectivity index is 2.72. The maximum Gasteiger partial charge on any atom is 0.240 e. The zero-order valence-electron chi connectivity index (χ0n) is 10.3. The highest BCUT2D eigenvalue weighted by molar-refractivity contribution is 9.10. The van der Waals surface area contributed by atoms with Crippen molar-refractivity contribution in [1.29, 1.82) is 0 Å². The summed E-state index contributed by atoms with van der Waals surface area (Å²) in [5.41, 5.74) is 6.03. The molecule has 0 spiro atoms. The molecule has 0 aliphatic carbocycles. The Bertz CT molecular complexity index is 431. The largest absolute Gasteiger partial charge is 0.373 e. The normalized spacial score (nSPS) is 11.7. The standard InChI is InChI=1S/C12H16BrN3O2/c1-16(2)11(17)7-10(12(14)18)15-9-5-3-8(13)4-6-9/h3-6,10,15H,7H2,1-2H3,(H2,14,18). The van der Waals surface area contributed by atoms with Gasteiger partial charge in [0.15, 0.2) is 0 Å². The molecule has 0 saturated heterocycles. The van der Waals surface area contributed by atoms with Gasteiger partial charge in [-0.1, -0.05) is 15.9 Å². The van der Waals surface area contributed by atoms with Gasteiger partial charge in [-0.15, -0.1) is 0 Å². The Morgan fingerprint density at radius 1 is 1.33 bits per heavy atom. The first kappa shape index (κ1) is 14.5. The number of primary amides is 1. The molecule has 5 nitrogen and oxygen atoms in total. The maximum atomic E-state index is 11.6. The molecule has 1 aromatic carbocycles. The van der Waals surface area contributed by atoms with Crippen molar-refractivity contribution in [2.45, 2.75) is 12.5 Å². The van der Waals surface area contributed by atoms with Crippen molar-refractivity contribution in [3.8, 4) is 0 Å². The van der Waals surface area contributed by atoms with Gasteiger partial charge in [0.05, 0.1) is 6.42 Å². The van der Waals surface area contributed by atoms with Gasteiger partial charge in [-0.05, 0) is 24.3 Å². The van der Waals surface area contributed by atoms with Crippen LogP contribution in [0.4, 0.5) is 5.69 Å². The molecule has 1 aromatic rings. The summed E-state index contributed by atoms with van der Waals surface area (Å²) in [6.45, 7) is 0. The van der Waals surface area contributed by atoms with Crippen LogP contribution < -0.4 is 11.1 Å². The summed E-state index contributed by atoms with van der Waals surface area (Å²) in [5.74, 6) is -0.698. The summed E-state index contributed by atoms with van der Waals surface area (Å²) >= 11 is 3.32. The van der Waals surface area contributed by atoms with Gasteiger partial charge in [0.1, 0.15) is 6.04 Å². The van der Waals surface area contributed by atoms with E-state index in [9.17, 15) is 9.59 Å². The molecule has 1 rings (SSSR count). The Hall–Kier alpha value is -1.56. The van der Waals surface area contributed by atoms with Crippen molar-refractivity contribution < 1.29 is 9.59 Å². The van der Waals surface area contributed by atoms with Crippen molar-refractivity contribution >= 4 is 33.4 Å². The molecule has 0 bridgehead atoms. The van der Waals surface area contributed by atoms with E-state index >= 15 is 0 Å². The average molecular weight is 314 g/mol. The molecule has 6 heteroatoms. The Kier molecular flexibility index (Phi) is 5.15. The zero-order chi connectivity index (χ0) is 13.7. The van der Waals surface area contributed by atoms with Crippen molar-refractivity contribution in [2.24, 2.45) is 5.73 Å². The van der Waals surface area contributed by atoms with E-state index in [1.165, 1.54) is 4.90 Å². The molecule has 18 heavy (non-hydrogen) atoms. The Morgan fingerprint density at radius 3 is 2.33 bits per heavy atom. The molecule has 0 aliphatic rings. The number of rotatable bonds is 5. The van der Waals surface area contributed by atoms with Crippen molar-refractivity contribution in [3.05, 3.63) is 28.7 Å². The van der Waals surface area contributed by atoms with Crippen LogP contribution in [0.5, 0.6) is 0 Å². The van der Waals surface area contributed by atoms with E-state index in [-0.39, 0.29) is 12.3 Å². The number of carbonyl (C=O) groups excluding carboxylic acids is 2. The predicted octanol–water partition coefficient (Wildman–Crippen LogP) is 1.19. The van der Waals surface area contributed by atoms with Gasteiger partial charge < -0.3 is 16.0 Å². The van der Waals surface area contributed by atoms with Gasteiger partial charge in [0.2, 0.25) is 11.8 Å². The number of nitrogens with one attached hydrogen (secondary N) is 1. The molecule has 1 unspecified atom stereocenters. The summed E-state index contributed by atoms with van der Waals surface area (Å²) in [7, 11) is 3.28. The van der Waals surface area contributed by atoms with Crippen molar-refractivity contribution in [1.82, 2.24) is 4.90 Å². The van der Waals surface area contributed by atoms with Crippen LogP contribution in [0.25, 0.3) is 0 Å². The average Bonchev–Trinajstić information content (AvgIpc) is 2.30. The summed E-state index contributed by atoms with van der Waals surface area (Å²) in [4.78, 5) is 24.3. The molecule has 0 aromatic heterocycles. The Labute approximate surface area is 114 Å². The van der Waals surface area contributed by atoms with E-state index in [2.05, 4.69) is 21.2 Å². The summed E-state index contributed by atoms with van der Waals surface area (Å²) in [5, 5.41) is 2.95. The van der Waals surface area contributed by atoms with E-state index < -0.39 is 11.9 Å². The molecular weight excluding hydrogens is 298 g/mol. The highest BCUT2D eigenvalue weighted by Gasteiger charge is 2.20. The zero-order valence-corrected chi connectivity index (χ0v) is 11.9. The van der Waals surface area contributed by atoms with Crippen LogP contribution in [0.15, 0.2) is 28.7 Å². The monoisotopic (exact) mass is 313 g/mol. The summed E-state index contributed by atoms with van der Waals surface area (Å²) < 4.78 is 0.938. The third kappa shape index (κ3) is 4.37. The molecule has 98 valence electrons. The molecule has 0 aliphatic heterocycles. The third-order valence-corrected chi connectivity index (χ3v) is 2.93. The van der Waals surface area contributed by atoms with Gasteiger partial charge in [-0.3, -0.25) is 9.59 Å². The number of hydrogen-bond acceptors (Lipinski definition) is 3. The highest BCUT2D eigenvalue weighted by atomic mass is 79.9. The maximum absolute atomic E-state index is 11.6. The molecule has 3 N–H and O–H groups in total. The van der Waals surface area contributed by atoms with Gasteiger partial charge in [0, 0.05) is 24.3 Å². The lowest BCUT2D eigenvalue weighted by atomic mass is 10.1. The van der Waals surface area contributed by atoms with Crippen LogP contribution in [0.3, 0.4) is 0 Å².